The molecule has 0 aliphatic heterocycles. The van der Waals surface area contributed by atoms with E-state index in [9.17, 15) is 0 Å². The summed E-state index contributed by atoms with van der Waals surface area (Å²) in [7, 11) is 0. The highest BCUT2D eigenvalue weighted by molar-refractivity contribution is 4.72. The van der Waals surface area contributed by atoms with E-state index in [4.69, 9.17) is 4.74 Å². The largest absolute Gasteiger partial charge is 0.381 e. The zero-order valence-electron chi connectivity index (χ0n) is 11.0. The van der Waals surface area contributed by atoms with Crippen molar-refractivity contribution in [2.75, 3.05) is 19.8 Å². The molecule has 2 nitrogen and oxygen atoms in total. The van der Waals surface area contributed by atoms with E-state index >= 15 is 0 Å². The van der Waals surface area contributed by atoms with Crippen molar-refractivity contribution in [2.24, 2.45) is 0 Å². The molecule has 1 aliphatic rings. The van der Waals surface area contributed by atoms with Crippen LogP contribution in [0.5, 0.6) is 0 Å². The predicted octanol–water partition coefficient (Wildman–Crippen LogP) is 3.51. The van der Waals surface area contributed by atoms with Gasteiger partial charge in [-0.05, 0) is 32.2 Å². The van der Waals surface area contributed by atoms with Gasteiger partial charge in [0.05, 0.1) is 0 Å². The van der Waals surface area contributed by atoms with E-state index in [0.29, 0.717) is 0 Å². The van der Waals surface area contributed by atoms with E-state index in [-0.39, 0.29) is 0 Å². The molecule has 0 amide bonds. The van der Waals surface area contributed by atoms with Gasteiger partial charge >= 0.3 is 0 Å². The highest BCUT2D eigenvalue weighted by Gasteiger charge is 2.12. The zero-order valence-corrected chi connectivity index (χ0v) is 11.0. The summed E-state index contributed by atoms with van der Waals surface area (Å²) in [4.78, 5) is 0. The van der Waals surface area contributed by atoms with E-state index in [0.717, 1.165) is 25.8 Å². The minimum Gasteiger partial charge on any atom is -0.381 e. The summed E-state index contributed by atoms with van der Waals surface area (Å²) in [5.41, 5.74) is 0. The van der Waals surface area contributed by atoms with Gasteiger partial charge in [-0.15, -0.1) is 0 Å². The first-order chi connectivity index (χ1) is 7.93. The highest BCUT2D eigenvalue weighted by Crippen LogP contribution is 2.17. The molecule has 0 spiro atoms. The Balaban J connectivity index is 1.71. The van der Waals surface area contributed by atoms with Crippen LogP contribution in [0.1, 0.15) is 64.7 Å². The maximum absolute atomic E-state index is 5.60. The van der Waals surface area contributed by atoms with E-state index in [1.807, 2.05) is 0 Å². The van der Waals surface area contributed by atoms with Crippen LogP contribution in [0, 0.1) is 0 Å². The molecule has 1 N–H and O–H groups in total. The van der Waals surface area contributed by atoms with Crippen LogP contribution in [0.15, 0.2) is 0 Å². The maximum atomic E-state index is 5.60. The normalized spacial score (nSPS) is 17.1. The summed E-state index contributed by atoms with van der Waals surface area (Å²) in [5.74, 6) is 0. The van der Waals surface area contributed by atoms with Gasteiger partial charge in [0.2, 0.25) is 0 Å². The van der Waals surface area contributed by atoms with Gasteiger partial charge in [0.15, 0.2) is 0 Å². The van der Waals surface area contributed by atoms with Gasteiger partial charge in [0, 0.05) is 19.3 Å². The molecule has 0 unspecified atom stereocenters. The molecule has 1 aliphatic carbocycles. The quantitative estimate of drug-likeness (QED) is 0.577. The van der Waals surface area contributed by atoms with E-state index < -0.39 is 0 Å². The van der Waals surface area contributed by atoms with Gasteiger partial charge in [-0.2, -0.15) is 0 Å². The van der Waals surface area contributed by atoms with Crippen LogP contribution in [0.25, 0.3) is 0 Å². The van der Waals surface area contributed by atoms with Crippen LogP contribution < -0.4 is 5.32 Å². The number of hydrogen-bond acceptors (Lipinski definition) is 2. The minimum atomic E-state index is 0.810. The number of ether oxygens (including phenoxy) is 1. The van der Waals surface area contributed by atoms with Crippen molar-refractivity contribution in [2.45, 2.75) is 70.8 Å². The lowest BCUT2D eigenvalue weighted by molar-refractivity contribution is 0.127. The Morgan fingerprint density at radius 2 is 1.75 bits per heavy atom. The van der Waals surface area contributed by atoms with Crippen molar-refractivity contribution >= 4 is 0 Å². The molecular weight excluding hydrogens is 198 g/mol. The Morgan fingerprint density at radius 3 is 2.50 bits per heavy atom. The standard InChI is InChI=1S/C14H29NO/c1-2-3-4-7-12-16-13-8-11-15-14-9-5-6-10-14/h14-15H,2-13H2,1H3. The fraction of sp³-hybridized carbons (Fsp3) is 1.00. The van der Waals surface area contributed by atoms with E-state index in [1.165, 1.54) is 57.8 Å². The number of unbranched alkanes of at least 4 members (excludes halogenated alkanes) is 3. The lowest BCUT2D eigenvalue weighted by Gasteiger charge is -2.11. The van der Waals surface area contributed by atoms with Crippen LogP contribution in [0.2, 0.25) is 0 Å². The molecule has 0 aromatic rings. The third-order valence-corrected chi connectivity index (χ3v) is 3.40. The monoisotopic (exact) mass is 227 g/mol. The van der Waals surface area contributed by atoms with Gasteiger partial charge in [-0.25, -0.2) is 0 Å². The second-order valence-corrected chi connectivity index (χ2v) is 4.96. The molecule has 0 aromatic heterocycles. The van der Waals surface area contributed by atoms with Crippen molar-refractivity contribution in [3.8, 4) is 0 Å². The summed E-state index contributed by atoms with van der Waals surface area (Å²) in [5, 5.41) is 3.61. The van der Waals surface area contributed by atoms with Gasteiger partial charge in [0.1, 0.15) is 0 Å². The fourth-order valence-corrected chi connectivity index (χ4v) is 2.34. The Morgan fingerprint density at radius 1 is 1.00 bits per heavy atom. The Kier molecular flexibility index (Phi) is 8.83. The topological polar surface area (TPSA) is 21.3 Å². The minimum absolute atomic E-state index is 0.810. The molecule has 0 aromatic carbocycles. The zero-order chi connectivity index (χ0) is 11.5. The molecule has 1 rings (SSSR count). The lowest BCUT2D eigenvalue weighted by Crippen LogP contribution is -2.27. The summed E-state index contributed by atoms with van der Waals surface area (Å²) in [6, 6.07) is 0.810. The van der Waals surface area contributed by atoms with Gasteiger partial charge in [-0.1, -0.05) is 39.0 Å². The SMILES string of the molecule is CCCCCCOCCCNC1CCCC1. The Bertz CT molecular complexity index is 144. The fourth-order valence-electron chi connectivity index (χ4n) is 2.34. The van der Waals surface area contributed by atoms with Crippen molar-refractivity contribution in [3.05, 3.63) is 0 Å². The molecule has 16 heavy (non-hydrogen) atoms. The van der Waals surface area contributed by atoms with E-state index in [2.05, 4.69) is 12.2 Å². The van der Waals surface area contributed by atoms with Crippen LogP contribution >= 0.6 is 0 Å². The molecule has 0 radical (unpaired) electrons. The molecule has 1 saturated carbocycles. The van der Waals surface area contributed by atoms with Gasteiger partial charge in [0.25, 0.3) is 0 Å². The first kappa shape index (κ1) is 14.0. The first-order valence-corrected chi connectivity index (χ1v) is 7.24. The molecule has 2 heteroatoms. The Hall–Kier alpha value is -0.0800. The highest BCUT2D eigenvalue weighted by atomic mass is 16.5. The van der Waals surface area contributed by atoms with Crippen molar-refractivity contribution in [1.29, 1.82) is 0 Å². The maximum Gasteiger partial charge on any atom is 0.0478 e. The molecule has 0 saturated heterocycles. The second kappa shape index (κ2) is 10.1. The average molecular weight is 227 g/mol. The second-order valence-electron chi connectivity index (χ2n) is 4.96. The lowest BCUT2D eigenvalue weighted by atomic mass is 10.2. The van der Waals surface area contributed by atoms with Crippen LogP contribution in [-0.4, -0.2) is 25.8 Å². The number of hydrogen-bond donors (Lipinski definition) is 1. The predicted molar refractivity (Wildman–Crippen MR) is 69.8 cm³/mol. The molecule has 0 heterocycles. The summed E-state index contributed by atoms with van der Waals surface area (Å²) in [6.45, 7) is 5.28. The van der Waals surface area contributed by atoms with Crippen molar-refractivity contribution in [1.82, 2.24) is 5.32 Å². The third kappa shape index (κ3) is 7.24. The smallest absolute Gasteiger partial charge is 0.0478 e. The molecule has 96 valence electrons. The molecule has 0 atom stereocenters. The summed E-state index contributed by atoms with van der Waals surface area (Å²) >= 11 is 0. The number of nitrogens with one attached hydrogen (secondary N) is 1. The molecule has 1 fully saturated rings. The Labute approximate surface area is 101 Å². The van der Waals surface area contributed by atoms with Crippen molar-refractivity contribution in [3.63, 3.8) is 0 Å². The van der Waals surface area contributed by atoms with Crippen LogP contribution in [0.3, 0.4) is 0 Å². The van der Waals surface area contributed by atoms with Crippen LogP contribution in [0.4, 0.5) is 0 Å². The molecular formula is C14H29NO. The first-order valence-electron chi connectivity index (χ1n) is 7.24. The van der Waals surface area contributed by atoms with Gasteiger partial charge in [-0.3, -0.25) is 0 Å². The number of rotatable bonds is 10. The average Bonchev–Trinajstić information content (AvgIpc) is 2.80. The summed E-state index contributed by atoms with van der Waals surface area (Å²) < 4.78 is 5.60. The van der Waals surface area contributed by atoms with Crippen molar-refractivity contribution < 1.29 is 4.74 Å². The third-order valence-electron chi connectivity index (χ3n) is 3.40. The van der Waals surface area contributed by atoms with Gasteiger partial charge < -0.3 is 10.1 Å². The summed E-state index contributed by atoms with van der Waals surface area (Å²) in [6.07, 6.45) is 12.0. The molecule has 0 bridgehead atoms. The van der Waals surface area contributed by atoms with Crippen LogP contribution in [-0.2, 0) is 4.74 Å². The van der Waals surface area contributed by atoms with E-state index in [1.54, 1.807) is 0 Å².